The van der Waals surface area contributed by atoms with Gasteiger partial charge in [0.25, 0.3) is 0 Å². The third kappa shape index (κ3) is 5.86. The lowest BCUT2D eigenvalue weighted by Gasteiger charge is -2.22. The number of hydrogen-bond acceptors (Lipinski definition) is 10. The molecule has 2 spiro atoms. The second-order valence-corrected chi connectivity index (χ2v) is 17.5. The lowest BCUT2D eigenvalue weighted by atomic mass is 9.89. The van der Waals surface area contributed by atoms with Crippen molar-refractivity contribution in [3.8, 4) is 0 Å². The molecule has 4 amide bonds. The molecule has 2 atom stereocenters. The molecular weight excluding hydrogens is 807 g/mol. The molecule has 4 aliphatic heterocycles. The summed E-state index contributed by atoms with van der Waals surface area (Å²) in [7, 11) is 2.53. The van der Waals surface area contributed by atoms with Gasteiger partial charge in [0.2, 0.25) is 11.8 Å². The first-order chi connectivity index (χ1) is 29.4. The number of anilines is 6. The van der Waals surface area contributed by atoms with Crippen molar-refractivity contribution >= 4 is 70.1 Å². The maximum absolute atomic E-state index is 14.1. The highest BCUT2D eigenvalue weighted by Gasteiger charge is 2.73. The summed E-state index contributed by atoms with van der Waals surface area (Å²) in [5.74, 6) is -2.34. The first-order valence-corrected chi connectivity index (χ1v) is 20.0. The first kappa shape index (κ1) is 40.6. The molecule has 14 nitrogen and oxygen atoms in total. The van der Waals surface area contributed by atoms with E-state index in [1.807, 2.05) is 27.7 Å². The molecule has 2 saturated heterocycles. The van der Waals surface area contributed by atoms with Crippen LogP contribution in [0.2, 0.25) is 0 Å². The van der Waals surface area contributed by atoms with Gasteiger partial charge >= 0.3 is 24.1 Å². The molecule has 320 valence electrons. The molecule has 16 heteroatoms. The highest BCUT2D eigenvalue weighted by Crippen LogP contribution is 2.71. The highest BCUT2D eigenvalue weighted by molar-refractivity contribution is 6.17. The second-order valence-electron chi connectivity index (χ2n) is 17.5. The normalized spacial score (nSPS) is 23.2. The van der Waals surface area contributed by atoms with Crippen LogP contribution in [0.15, 0.2) is 72.8 Å². The number of fused-ring (bicyclic) bond motifs is 4. The van der Waals surface area contributed by atoms with Crippen LogP contribution < -0.4 is 19.6 Å². The van der Waals surface area contributed by atoms with Gasteiger partial charge in [-0.25, -0.2) is 28.0 Å². The standard InChI is InChI=1S/2C23H21FN2O5/c2*1-22(2)12-23(22)17-10-14(24)4-5-18(17)26(20(23)28)16-9-13(19(27)30-3)8-15(11-16)25-6-7-31-21(25)29/h2*4-5,8-11H,6-7,12H2,1-3H3/t2*23-/m10/s1. The van der Waals surface area contributed by atoms with E-state index in [0.29, 0.717) is 71.2 Å². The third-order valence-corrected chi connectivity index (χ3v) is 13.2. The lowest BCUT2D eigenvalue weighted by Crippen LogP contribution is -2.31. The smallest absolute Gasteiger partial charge is 0.414 e. The highest BCUT2D eigenvalue weighted by atomic mass is 19.1. The zero-order valence-electron chi connectivity index (χ0n) is 34.8. The van der Waals surface area contributed by atoms with Gasteiger partial charge in [0, 0.05) is 0 Å². The number of benzene rings is 4. The molecule has 2 aliphatic carbocycles. The zero-order chi connectivity index (χ0) is 44.3. The van der Waals surface area contributed by atoms with E-state index in [1.165, 1.54) is 70.2 Å². The minimum Gasteiger partial charge on any atom is -0.465 e. The van der Waals surface area contributed by atoms with E-state index >= 15 is 0 Å². The molecule has 4 aromatic rings. The predicted molar refractivity (Wildman–Crippen MR) is 220 cm³/mol. The maximum atomic E-state index is 14.1. The van der Waals surface area contributed by atoms with E-state index in [-0.39, 0.29) is 47.0 Å². The van der Waals surface area contributed by atoms with E-state index in [2.05, 4.69) is 0 Å². The first-order valence-electron chi connectivity index (χ1n) is 20.0. The van der Waals surface area contributed by atoms with Crippen molar-refractivity contribution in [3.05, 3.63) is 107 Å². The van der Waals surface area contributed by atoms with E-state index in [9.17, 15) is 37.5 Å². The fraction of sp³-hybridized carbons (Fsp3) is 0.348. The van der Waals surface area contributed by atoms with Crippen LogP contribution in [0.4, 0.5) is 52.5 Å². The quantitative estimate of drug-likeness (QED) is 0.139. The van der Waals surface area contributed by atoms with Crippen molar-refractivity contribution in [1.82, 2.24) is 0 Å². The van der Waals surface area contributed by atoms with Crippen LogP contribution in [0.3, 0.4) is 0 Å². The average molecular weight is 849 g/mol. The molecule has 0 N–H and O–H groups in total. The molecule has 0 bridgehead atoms. The molecular formula is C46H42F2N4O10. The van der Waals surface area contributed by atoms with Crippen molar-refractivity contribution in [1.29, 1.82) is 0 Å². The zero-order valence-corrected chi connectivity index (χ0v) is 34.8. The van der Waals surface area contributed by atoms with Crippen LogP contribution in [-0.4, -0.2) is 76.5 Å². The van der Waals surface area contributed by atoms with Gasteiger partial charge in [-0.2, -0.15) is 0 Å². The number of halogens is 2. The Kier molecular flexibility index (Phi) is 9.05. The number of rotatable bonds is 6. The molecule has 4 fully saturated rings. The van der Waals surface area contributed by atoms with Gasteiger partial charge in [0.15, 0.2) is 0 Å². The molecule has 6 aliphatic rings. The average Bonchev–Trinajstić information content (AvgIpc) is 3.58. The van der Waals surface area contributed by atoms with E-state index < -0.39 is 46.6 Å². The number of nitrogens with zero attached hydrogens (tertiary/aromatic N) is 4. The minimum absolute atomic E-state index is 0.171. The molecule has 2 saturated carbocycles. The van der Waals surface area contributed by atoms with Gasteiger partial charge in [-0.3, -0.25) is 29.2 Å². The Bertz CT molecular complexity index is 2500. The molecule has 0 aromatic heterocycles. The Morgan fingerprint density at radius 1 is 0.565 bits per heavy atom. The fourth-order valence-electron chi connectivity index (χ4n) is 9.81. The van der Waals surface area contributed by atoms with Gasteiger partial charge in [0.05, 0.1) is 83.4 Å². The Labute approximate surface area is 354 Å². The monoisotopic (exact) mass is 848 g/mol. The molecule has 0 radical (unpaired) electrons. The Morgan fingerprint density at radius 2 is 0.919 bits per heavy atom. The van der Waals surface area contributed by atoms with E-state index in [1.54, 1.807) is 36.4 Å². The Morgan fingerprint density at radius 3 is 1.23 bits per heavy atom. The van der Waals surface area contributed by atoms with Gasteiger partial charge in [-0.05, 0) is 108 Å². The molecule has 10 rings (SSSR count). The predicted octanol–water partition coefficient (Wildman–Crippen LogP) is 7.83. The van der Waals surface area contributed by atoms with Gasteiger partial charge in [-0.15, -0.1) is 0 Å². The van der Waals surface area contributed by atoms with Crippen LogP contribution in [-0.2, 0) is 39.4 Å². The number of methoxy groups -OCH3 is 2. The van der Waals surface area contributed by atoms with Crippen LogP contribution in [0.1, 0.15) is 72.4 Å². The van der Waals surface area contributed by atoms with Crippen molar-refractivity contribution in [2.75, 3.05) is 60.1 Å². The maximum Gasteiger partial charge on any atom is 0.414 e. The van der Waals surface area contributed by atoms with Crippen LogP contribution >= 0.6 is 0 Å². The SMILES string of the molecule is COC(=O)c1cc(N2CCOC2=O)cc(N2C(=O)[C@@]3(CC3(C)C)c3cc(F)ccc32)c1.COC(=O)c1cc(N2CCOC2=O)cc(N2C(=O)[C@]3(CC3(C)C)c3cc(F)ccc32)c1. The number of esters is 2. The largest absolute Gasteiger partial charge is 0.465 e. The second kappa shape index (κ2) is 13.8. The number of amides is 4. The van der Waals surface area contributed by atoms with Crippen molar-refractivity contribution in [3.63, 3.8) is 0 Å². The van der Waals surface area contributed by atoms with Crippen LogP contribution in [0, 0.1) is 22.5 Å². The van der Waals surface area contributed by atoms with Crippen molar-refractivity contribution in [2.24, 2.45) is 10.8 Å². The molecule has 4 aromatic carbocycles. The summed E-state index contributed by atoms with van der Waals surface area (Å²) in [5, 5.41) is 0. The molecule has 4 heterocycles. The van der Waals surface area contributed by atoms with E-state index in [0.717, 1.165) is 0 Å². The molecule has 0 unspecified atom stereocenters. The lowest BCUT2D eigenvalue weighted by molar-refractivity contribution is -0.121. The fourth-order valence-corrected chi connectivity index (χ4v) is 9.81. The van der Waals surface area contributed by atoms with Crippen LogP contribution in [0.5, 0.6) is 0 Å². The number of carbonyl (C=O) groups is 6. The summed E-state index contributed by atoms with van der Waals surface area (Å²) in [4.78, 5) is 82.2. The topological polar surface area (TPSA) is 152 Å². The number of cyclic esters (lactones) is 2. The number of hydrogen-bond donors (Lipinski definition) is 0. The van der Waals surface area contributed by atoms with Crippen LogP contribution in [0.25, 0.3) is 0 Å². The summed E-state index contributed by atoms with van der Waals surface area (Å²) < 4.78 is 48.0. The minimum atomic E-state index is -0.807. The number of ether oxygens (including phenoxy) is 4. The summed E-state index contributed by atoms with van der Waals surface area (Å²) in [6.45, 7) is 9.07. The van der Waals surface area contributed by atoms with Gasteiger partial charge < -0.3 is 18.9 Å². The van der Waals surface area contributed by atoms with Crippen molar-refractivity contribution < 1.29 is 56.5 Å². The Hall–Kier alpha value is -6.84. The summed E-state index contributed by atoms with van der Waals surface area (Å²) >= 11 is 0. The van der Waals surface area contributed by atoms with E-state index in [4.69, 9.17) is 18.9 Å². The molecule has 62 heavy (non-hydrogen) atoms. The Balaban J connectivity index is 0.000000158. The van der Waals surface area contributed by atoms with Gasteiger partial charge in [-0.1, -0.05) is 27.7 Å². The summed E-state index contributed by atoms with van der Waals surface area (Å²) in [6.07, 6.45) is 0.160. The van der Waals surface area contributed by atoms with Gasteiger partial charge in [0.1, 0.15) is 24.8 Å². The number of carbonyl (C=O) groups excluding carboxylic acids is 6. The third-order valence-electron chi connectivity index (χ3n) is 13.2. The van der Waals surface area contributed by atoms with Crippen molar-refractivity contribution in [2.45, 2.75) is 51.4 Å². The summed E-state index contributed by atoms with van der Waals surface area (Å²) in [5.41, 5.74) is 2.27. The summed E-state index contributed by atoms with van der Waals surface area (Å²) in [6, 6.07) is 18.1.